The molecule has 6 heteroatoms. The molecule has 0 fully saturated rings. The average molecular weight is 929 g/mol. The van der Waals surface area contributed by atoms with Crippen LogP contribution in [0.25, 0.3) is 0 Å². The van der Waals surface area contributed by atoms with Gasteiger partial charge in [-0.2, -0.15) is 0 Å². The summed E-state index contributed by atoms with van der Waals surface area (Å²) >= 11 is 0. The Morgan fingerprint density at radius 1 is 0.424 bits per heavy atom. The number of aliphatic hydroxyl groups is 2. The Morgan fingerprint density at radius 2 is 0.788 bits per heavy atom. The lowest BCUT2D eigenvalue weighted by Gasteiger charge is -2.20. The summed E-state index contributed by atoms with van der Waals surface area (Å²) in [6.07, 6.45) is 68.8. The van der Waals surface area contributed by atoms with Crippen LogP contribution in [0.4, 0.5) is 0 Å². The number of carbonyl (C=O) groups excluding carboxylic acids is 2. The molecule has 66 heavy (non-hydrogen) atoms. The third kappa shape index (κ3) is 51.5. The first kappa shape index (κ1) is 64.1. The number of nitrogens with one attached hydrogen (secondary N) is 1. The van der Waals surface area contributed by atoms with Crippen LogP contribution in [0, 0.1) is 0 Å². The van der Waals surface area contributed by atoms with E-state index in [1.807, 2.05) is 6.08 Å². The topological polar surface area (TPSA) is 95.9 Å². The molecule has 0 bridgehead atoms. The fourth-order valence-electron chi connectivity index (χ4n) is 8.91. The van der Waals surface area contributed by atoms with Crippen LogP contribution in [0.15, 0.2) is 36.5 Å². The van der Waals surface area contributed by atoms with Gasteiger partial charge in [-0.05, 0) is 57.8 Å². The van der Waals surface area contributed by atoms with Gasteiger partial charge in [-0.3, -0.25) is 9.59 Å². The molecule has 0 saturated heterocycles. The van der Waals surface area contributed by atoms with Crippen molar-refractivity contribution in [1.29, 1.82) is 0 Å². The van der Waals surface area contributed by atoms with Crippen LogP contribution in [0.2, 0.25) is 0 Å². The van der Waals surface area contributed by atoms with Gasteiger partial charge in [-0.25, -0.2) is 0 Å². The highest BCUT2D eigenvalue weighted by Gasteiger charge is 2.18. The van der Waals surface area contributed by atoms with Crippen LogP contribution in [0.5, 0.6) is 0 Å². The Bertz CT molecular complexity index is 1070. The van der Waals surface area contributed by atoms with Crippen LogP contribution >= 0.6 is 0 Å². The average Bonchev–Trinajstić information content (AvgIpc) is 3.32. The van der Waals surface area contributed by atoms with E-state index in [1.54, 1.807) is 6.08 Å². The van der Waals surface area contributed by atoms with Crippen LogP contribution in [-0.4, -0.2) is 47.4 Å². The number of amides is 1. The van der Waals surface area contributed by atoms with E-state index >= 15 is 0 Å². The summed E-state index contributed by atoms with van der Waals surface area (Å²) in [4.78, 5) is 24.5. The molecule has 0 aromatic rings. The SMILES string of the molecule is CCC/C=C\C/C=C\CCCCCCCC(=O)OCCCCCCCCCCCCCCCCCC(=O)NC(CO)C(O)/C=C/CCCCCCCCCCCCCCCCCCCCC. The summed E-state index contributed by atoms with van der Waals surface area (Å²) in [7, 11) is 0. The monoisotopic (exact) mass is 928 g/mol. The zero-order chi connectivity index (χ0) is 47.9. The molecule has 6 nitrogen and oxygen atoms in total. The number of carbonyl (C=O) groups is 2. The number of hydrogen-bond donors (Lipinski definition) is 3. The summed E-state index contributed by atoms with van der Waals surface area (Å²) < 4.78 is 5.46. The Balaban J connectivity index is 3.48. The van der Waals surface area contributed by atoms with Crippen molar-refractivity contribution in [3.8, 4) is 0 Å². The lowest BCUT2D eigenvalue weighted by molar-refractivity contribution is -0.143. The molecule has 388 valence electrons. The van der Waals surface area contributed by atoms with Gasteiger partial charge < -0.3 is 20.3 Å². The molecule has 0 aliphatic rings. The van der Waals surface area contributed by atoms with Crippen molar-refractivity contribution in [1.82, 2.24) is 5.32 Å². The number of hydrogen-bond acceptors (Lipinski definition) is 5. The second-order valence-electron chi connectivity index (χ2n) is 20.0. The van der Waals surface area contributed by atoms with E-state index in [0.717, 1.165) is 64.2 Å². The van der Waals surface area contributed by atoms with Gasteiger partial charge in [-0.15, -0.1) is 0 Å². The minimum atomic E-state index is -0.852. The molecule has 2 atom stereocenters. The summed E-state index contributed by atoms with van der Waals surface area (Å²) in [5.74, 6) is -0.0907. The first-order valence-electron chi connectivity index (χ1n) is 29.3. The lowest BCUT2D eigenvalue weighted by atomic mass is 10.0. The molecule has 0 aliphatic carbocycles. The predicted octanol–water partition coefficient (Wildman–Crippen LogP) is 18.0. The summed E-state index contributed by atoms with van der Waals surface area (Å²) in [5, 5.41) is 23.2. The number of ether oxygens (including phenoxy) is 1. The molecular formula is C60H113NO5. The van der Waals surface area contributed by atoms with E-state index in [0.29, 0.717) is 19.4 Å². The molecule has 0 rings (SSSR count). The van der Waals surface area contributed by atoms with E-state index < -0.39 is 12.1 Å². The van der Waals surface area contributed by atoms with Crippen LogP contribution in [0.3, 0.4) is 0 Å². The fraction of sp³-hybridized carbons (Fsp3) is 0.867. The van der Waals surface area contributed by atoms with Crippen LogP contribution in [-0.2, 0) is 14.3 Å². The number of unbranched alkanes of at least 4 members (excludes halogenated alkanes) is 39. The van der Waals surface area contributed by atoms with Crippen LogP contribution in [0.1, 0.15) is 309 Å². The van der Waals surface area contributed by atoms with Gasteiger partial charge in [-0.1, -0.05) is 275 Å². The van der Waals surface area contributed by atoms with Gasteiger partial charge in [0.15, 0.2) is 0 Å². The molecule has 0 aromatic heterocycles. The second-order valence-corrected chi connectivity index (χ2v) is 20.0. The minimum Gasteiger partial charge on any atom is -0.466 e. The molecule has 1 amide bonds. The Kier molecular flexibility index (Phi) is 54.1. The van der Waals surface area contributed by atoms with Crippen molar-refractivity contribution in [3.63, 3.8) is 0 Å². The van der Waals surface area contributed by atoms with Gasteiger partial charge in [0.25, 0.3) is 0 Å². The molecule has 0 aliphatic heterocycles. The molecule has 0 aromatic carbocycles. The predicted molar refractivity (Wildman–Crippen MR) is 287 cm³/mol. The van der Waals surface area contributed by atoms with Crippen molar-refractivity contribution in [2.24, 2.45) is 0 Å². The van der Waals surface area contributed by atoms with Gasteiger partial charge in [0.2, 0.25) is 5.91 Å². The molecular weight excluding hydrogens is 815 g/mol. The summed E-state index contributed by atoms with van der Waals surface area (Å²) in [5.41, 5.74) is 0. The van der Waals surface area contributed by atoms with E-state index in [9.17, 15) is 19.8 Å². The molecule has 0 radical (unpaired) electrons. The van der Waals surface area contributed by atoms with Gasteiger partial charge in [0.05, 0.1) is 25.4 Å². The maximum absolute atomic E-state index is 12.5. The van der Waals surface area contributed by atoms with E-state index in [-0.39, 0.29) is 18.5 Å². The van der Waals surface area contributed by atoms with Crippen LogP contribution < -0.4 is 5.32 Å². The van der Waals surface area contributed by atoms with Gasteiger partial charge in [0.1, 0.15) is 0 Å². The zero-order valence-electron chi connectivity index (χ0n) is 44.2. The van der Waals surface area contributed by atoms with Crippen molar-refractivity contribution in [2.75, 3.05) is 13.2 Å². The Morgan fingerprint density at radius 3 is 1.21 bits per heavy atom. The highest BCUT2D eigenvalue weighted by molar-refractivity contribution is 5.76. The first-order chi connectivity index (χ1) is 32.5. The third-order valence-electron chi connectivity index (χ3n) is 13.4. The Hall–Kier alpha value is -1.92. The second kappa shape index (κ2) is 55.7. The molecule has 3 N–H and O–H groups in total. The van der Waals surface area contributed by atoms with E-state index in [2.05, 4.69) is 43.5 Å². The summed E-state index contributed by atoms with van der Waals surface area (Å²) in [6.45, 7) is 4.83. The number of allylic oxidation sites excluding steroid dienone is 5. The maximum atomic E-state index is 12.5. The van der Waals surface area contributed by atoms with Crippen molar-refractivity contribution in [3.05, 3.63) is 36.5 Å². The van der Waals surface area contributed by atoms with E-state index in [4.69, 9.17) is 4.74 Å². The minimum absolute atomic E-state index is 0.0157. The first-order valence-corrected chi connectivity index (χ1v) is 29.3. The zero-order valence-corrected chi connectivity index (χ0v) is 44.2. The number of esters is 1. The van der Waals surface area contributed by atoms with Crippen molar-refractivity contribution >= 4 is 11.9 Å². The van der Waals surface area contributed by atoms with Gasteiger partial charge in [0, 0.05) is 12.8 Å². The van der Waals surface area contributed by atoms with Crippen molar-refractivity contribution < 1.29 is 24.5 Å². The normalized spacial score (nSPS) is 12.8. The molecule has 0 heterocycles. The molecule has 0 spiro atoms. The fourth-order valence-corrected chi connectivity index (χ4v) is 8.91. The largest absolute Gasteiger partial charge is 0.466 e. The third-order valence-corrected chi connectivity index (χ3v) is 13.4. The number of rotatable bonds is 54. The summed E-state index contributed by atoms with van der Waals surface area (Å²) in [6, 6.07) is -0.636. The molecule has 0 saturated carbocycles. The smallest absolute Gasteiger partial charge is 0.305 e. The number of aliphatic hydroxyl groups excluding tert-OH is 2. The highest BCUT2D eigenvalue weighted by Crippen LogP contribution is 2.17. The highest BCUT2D eigenvalue weighted by atomic mass is 16.5. The quantitative estimate of drug-likeness (QED) is 0.0321. The maximum Gasteiger partial charge on any atom is 0.305 e. The lowest BCUT2D eigenvalue weighted by Crippen LogP contribution is -2.45. The van der Waals surface area contributed by atoms with E-state index in [1.165, 1.54) is 218 Å². The van der Waals surface area contributed by atoms with Gasteiger partial charge >= 0.3 is 5.97 Å². The standard InChI is InChI=1S/C60H113NO5/c1-3-5-7-9-11-13-15-17-18-19-20-21-22-23-25-29-32-36-40-44-48-52-58(63)57(56-62)61-59(64)53-49-45-41-37-33-30-26-24-27-31-35-39-43-47-51-55-66-60(65)54-50-46-42-38-34-28-16-14-12-10-8-6-4-2/h8,10,14,16,48,52,57-58,62-63H,3-7,9,11-13,15,17-47,49-51,53-56H2,1-2H3,(H,61,64)/b10-8-,16-14-,52-48+. The van der Waals surface area contributed by atoms with Crippen molar-refractivity contribution in [2.45, 2.75) is 321 Å². The molecule has 2 unspecified atom stereocenters. The Labute approximate surface area is 411 Å².